The van der Waals surface area contributed by atoms with Gasteiger partial charge in [-0.1, -0.05) is 80.1 Å². The van der Waals surface area contributed by atoms with Crippen LogP contribution in [0.2, 0.25) is 0 Å². The molecule has 0 amide bonds. The maximum atomic E-state index is 5.53. The Bertz CT molecular complexity index is 872. The molecule has 4 heteroatoms. The molecule has 4 nitrogen and oxygen atoms in total. The highest BCUT2D eigenvalue weighted by Crippen LogP contribution is 2.26. The number of rotatable bonds is 6. The first-order chi connectivity index (χ1) is 12.8. The van der Waals surface area contributed by atoms with Crippen molar-refractivity contribution in [3.05, 3.63) is 90.0 Å². The van der Waals surface area contributed by atoms with Crippen LogP contribution in [0.25, 0.3) is 11.1 Å². The van der Waals surface area contributed by atoms with E-state index in [1.165, 1.54) is 11.1 Å². The molecule has 26 heavy (non-hydrogen) atoms. The normalized spacial score (nSPS) is 11.4. The lowest BCUT2D eigenvalue weighted by Gasteiger charge is -2.14. The molecule has 0 aromatic heterocycles. The number of nitrogens with two attached hydrogens (primary N) is 1. The van der Waals surface area contributed by atoms with Crippen molar-refractivity contribution in [1.82, 2.24) is 11.0 Å². The second-order valence-corrected chi connectivity index (χ2v) is 6.06. The molecule has 0 unspecified atom stereocenters. The Hall–Kier alpha value is -2.95. The maximum Gasteiger partial charge on any atom is 0.149 e. The number of aryl methyl sites for hydroxylation is 1. The van der Waals surface area contributed by atoms with Gasteiger partial charge in [0.15, 0.2) is 0 Å². The summed E-state index contributed by atoms with van der Waals surface area (Å²) in [6.45, 7) is 2.20. The molecule has 3 aromatic carbocycles. The molecule has 3 aromatic rings. The summed E-state index contributed by atoms with van der Waals surface area (Å²) in [7, 11) is 0. The van der Waals surface area contributed by atoms with Gasteiger partial charge in [-0.25, -0.2) is 4.99 Å². The molecule has 0 saturated heterocycles. The van der Waals surface area contributed by atoms with Crippen molar-refractivity contribution in [3.8, 4) is 11.1 Å². The van der Waals surface area contributed by atoms with Gasteiger partial charge in [0.25, 0.3) is 0 Å². The molecule has 0 heterocycles. The molecule has 0 aliphatic rings. The summed E-state index contributed by atoms with van der Waals surface area (Å²) in [5.41, 5.74) is 11.0. The Labute approximate surface area is 154 Å². The number of nitrogens with zero attached hydrogens (tertiary/aromatic N) is 1. The van der Waals surface area contributed by atoms with E-state index in [2.05, 4.69) is 48.2 Å². The summed E-state index contributed by atoms with van der Waals surface area (Å²) in [6, 6.07) is 26.7. The summed E-state index contributed by atoms with van der Waals surface area (Å²) >= 11 is 0. The molecule has 0 spiro atoms. The summed E-state index contributed by atoms with van der Waals surface area (Å²) in [5, 5.41) is 0. The van der Waals surface area contributed by atoms with Crippen molar-refractivity contribution in [2.75, 3.05) is 0 Å². The molecule has 0 fully saturated rings. The second kappa shape index (κ2) is 8.94. The van der Waals surface area contributed by atoms with Gasteiger partial charge in [0, 0.05) is 5.56 Å². The minimum Gasteiger partial charge on any atom is -0.292 e. The number of nitrogens with one attached hydrogen (secondary N) is 2. The van der Waals surface area contributed by atoms with Crippen molar-refractivity contribution in [2.45, 2.75) is 19.8 Å². The van der Waals surface area contributed by atoms with Gasteiger partial charge < -0.3 is 0 Å². The third kappa shape index (κ3) is 4.36. The number of hydrazine groups is 2. The Morgan fingerprint density at radius 1 is 0.923 bits per heavy atom. The van der Waals surface area contributed by atoms with Gasteiger partial charge >= 0.3 is 0 Å². The van der Waals surface area contributed by atoms with Crippen LogP contribution in [-0.4, -0.2) is 5.84 Å². The number of hydrogen-bond acceptors (Lipinski definition) is 3. The molecule has 0 radical (unpaired) electrons. The molecule has 0 aliphatic carbocycles. The first-order valence-electron chi connectivity index (χ1n) is 8.86. The zero-order valence-corrected chi connectivity index (χ0v) is 14.9. The molecule has 4 N–H and O–H groups in total. The van der Waals surface area contributed by atoms with E-state index in [9.17, 15) is 0 Å². The summed E-state index contributed by atoms with van der Waals surface area (Å²) in [4.78, 5) is 4.73. The van der Waals surface area contributed by atoms with Crippen LogP contribution in [0.1, 0.15) is 24.5 Å². The van der Waals surface area contributed by atoms with Crippen LogP contribution in [-0.2, 0) is 6.42 Å². The number of para-hydroxylation sites is 1. The number of benzene rings is 3. The predicted octanol–water partition coefficient (Wildman–Crippen LogP) is 4.35. The average molecular weight is 344 g/mol. The summed E-state index contributed by atoms with van der Waals surface area (Å²) in [5.74, 6) is 6.21. The second-order valence-electron chi connectivity index (χ2n) is 6.06. The summed E-state index contributed by atoms with van der Waals surface area (Å²) < 4.78 is 0. The molecule has 0 saturated carbocycles. The molecular formula is C22H24N4. The van der Waals surface area contributed by atoms with Crippen LogP contribution >= 0.6 is 0 Å². The smallest absolute Gasteiger partial charge is 0.149 e. The van der Waals surface area contributed by atoms with Gasteiger partial charge in [0.05, 0.1) is 5.69 Å². The Balaban J connectivity index is 2.07. The van der Waals surface area contributed by atoms with E-state index in [1.54, 1.807) is 0 Å². The molecule has 0 aliphatic heterocycles. The number of aliphatic imine (C=N–C) groups is 1. The third-order valence-electron chi connectivity index (χ3n) is 4.15. The predicted molar refractivity (Wildman–Crippen MR) is 109 cm³/mol. The van der Waals surface area contributed by atoms with Gasteiger partial charge in [-0.15, -0.1) is 0 Å². The average Bonchev–Trinajstić information content (AvgIpc) is 2.69. The minimum atomic E-state index is 0.676. The van der Waals surface area contributed by atoms with Crippen molar-refractivity contribution < 1.29 is 0 Å². The highest BCUT2D eigenvalue weighted by Gasteiger charge is 2.11. The van der Waals surface area contributed by atoms with Gasteiger partial charge in [-0.2, -0.15) is 5.53 Å². The zero-order valence-electron chi connectivity index (χ0n) is 14.9. The minimum absolute atomic E-state index is 0.676. The van der Waals surface area contributed by atoms with Gasteiger partial charge in [-0.05, 0) is 35.2 Å². The fourth-order valence-electron chi connectivity index (χ4n) is 2.98. The fourth-order valence-corrected chi connectivity index (χ4v) is 2.98. The van der Waals surface area contributed by atoms with Crippen molar-refractivity contribution in [1.29, 1.82) is 0 Å². The molecule has 3 rings (SSSR count). The van der Waals surface area contributed by atoms with E-state index in [1.807, 2.05) is 48.5 Å². The first kappa shape index (κ1) is 17.9. The maximum absolute atomic E-state index is 5.53. The topological polar surface area (TPSA) is 62.4 Å². The first-order valence-corrected chi connectivity index (χ1v) is 8.86. The summed E-state index contributed by atoms with van der Waals surface area (Å²) in [6.07, 6.45) is 2.20. The van der Waals surface area contributed by atoms with Crippen molar-refractivity contribution in [3.63, 3.8) is 0 Å². The highest BCUT2D eigenvalue weighted by molar-refractivity contribution is 6.05. The van der Waals surface area contributed by atoms with Crippen LogP contribution < -0.4 is 16.8 Å². The van der Waals surface area contributed by atoms with Gasteiger partial charge in [0.1, 0.15) is 5.84 Å². The fraction of sp³-hybridized carbons (Fsp3) is 0.136. The Morgan fingerprint density at radius 2 is 1.69 bits per heavy atom. The van der Waals surface area contributed by atoms with E-state index < -0.39 is 0 Å². The van der Waals surface area contributed by atoms with Crippen LogP contribution in [0.3, 0.4) is 0 Å². The van der Waals surface area contributed by atoms with E-state index in [0.717, 1.165) is 29.7 Å². The quantitative estimate of drug-likeness (QED) is 0.270. The SMILES string of the molecule is CCCc1cccc(-c2ccccc2C(=Nc2ccccc2)NNN)c1. The number of hydrogen-bond donors (Lipinski definition) is 3. The van der Waals surface area contributed by atoms with Crippen LogP contribution in [0.5, 0.6) is 0 Å². The van der Waals surface area contributed by atoms with Crippen molar-refractivity contribution >= 4 is 11.5 Å². The van der Waals surface area contributed by atoms with Crippen LogP contribution in [0, 0.1) is 0 Å². The lowest BCUT2D eigenvalue weighted by molar-refractivity contribution is 0.696. The molecule has 132 valence electrons. The highest BCUT2D eigenvalue weighted by atomic mass is 15.5. The van der Waals surface area contributed by atoms with Gasteiger partial charge in [0.2, 0.25) is 0 Å². The number of amidine groups is 1. The Kier molecular flexibility index (Phi) is 6.14. The van der Waals surface area contributed by atoms with Crippen LogP contribution in [0.15, 0.2) is 83.9 Å². The van der Waals surface area contributed by atoms with E-state index in [0.29, 0.717) is 5.84 Å². The van der Waals surface area contributed by atoms with E-state index in [4.69, 9.17) is 10.8 Å². The van der Waals surface area contributed by atoms with E-state index in [-0.39, 0.29) is 0 Å². The van der Waals surface area contributed by atoms with Crippen LogP contribution in [0.4, 0.5) is 5.69 Å². The zero-order chi connectivity index (χ0) is 18.2. The Morgan fingerprint density at radius 3 is 2.46 bits per heavy atom. The largest absolute Gasteiger partial charge is 0.292 e. The van der Waals surface area contributed by atoms with Gasteiger partial charge in [-0.3, -0.25) is 11.3 Å². The lowest BCUT2D eigenvalue weighted by Crippen LogP contribution is -2.42. The van der Waals surface area contributed by atoms with E-state index >= 15 is 0 Å². The monoisotopic (exact) mass is 344 g/mol. The lowest BCUT2D eigenvalue weighted by atomic mass is 9.96. The third-order valence-corrected chi connectivity index (χ3v) is 4.15. The van der Waals surface area contributed by atoms with Crippen molar-refractivity contribution in [2.24, 2.45) is 10.8 Å². The standard InChI is InChI=1S/C22H24N4/c1-2-9-17-10-8-11-18(16-17)20-14-6-7-15-21(20)22(25-26-23)24-19-12-4-3-5-13-19/h3-8,10-16,26H,2,9,23H2,1H3,(H,24,25). The molecule has 0 bridgehead atoms. The molecular weight excluding hydrogens is 320 g/mol. The molecule has 0 atom stereocenters.